The number of nitrogens with zero attached hydrogens (tertiary/aromatic N) is 2. The molecule has 21 heavy (non-hydrogen) atoms. The molecule has 1 aromatic carbocycles. The summed E-state index contributed by atoms with van der Waals surface area (Å²) in [6.07, 6.45) is 3.12. The van der Waals surface area contributed by atoms with Crippen LogP contribution in [0.4, 0.5) is 16.0 Å². The van der Waals surface area contributed by atoms with Crippen LogP contribution in [0.2, 0.25) is 0 Å². The lowest BCUT2D eigenvalue weighted by Crippen LogP contribution is -2.25. The second-order valence-corrected chi connectivity index (χ2v) is 5.89. The van der Waals surface area contributed by atoms with Crippen LogP contribution in [-0.4, -0.2) is 22.9 Å². The van der Waals surface area contributed by atoms with E-state index in [4.69, 9.17) is 5.10 Å². The number of nitrogens with one attached hydrogen (secondary N) is 2. The van der Waals surface area contributed by atoms with Crippen molar-refractivity contribution in [1.82, 2.24) is 9.78 Å². The van der Waals surface area contributed by atoms with Gasteiger partial charge in [0.05, 0.1) is 6.04 Å². The maximum Gasteiger partial charge on any atom is 0.153 e. The molecular weight excluding hydrogens is 267 g/mol. The van der Waals surface area contributed by atoms with E-state index < -0.39 is 0 Å². The highest BCUT2D eigenvalue weighted by atomic mass is 19.1. The van der Waals surface area contributed by atoms with Crippen LogP contribution in [0.25, 0.3) is 0 Å². The molecule has 3 heterocycles. The number of aromatic nitrogens is 2. The summed E-state index contributed by atoms with van der Waals surface area (Å²) in [5, 5.41) is 11.6. The Morgan fingerprint density at radius 2 is 2.19 bits per heavy atom. The molecule has 0 amide bonds. The van der Waals surface area contributed by atoms with Crippen molar-refractivity contribution in [3.05, 3.63) is 40.7 Å². The number of halogens is 1. The fraction of sp³-hybridized carbons (Fsp3) is 0.438. The van der Waals surface area contributed by atoms with Crippen LogP contribution in [0.1, 0.15) is 35.6 Å². The number of fused-ring (bicyclic) bond motifs is 3. The van der Waals surface area contributed by atoms with Crippen molar-refractivity contribution in [3.63, 3.8) is 0 Å². The summed E-state index contributed by atoms with van der Waals surface area (Å²) in [6, 6.07) is 5.65. The standard InChI is InChI=1S/C16H19FN4/c1-10-4-5-11(9-13(10)17)14-6-8-19-16-12-3-2-7-18-15(12)20-21(14)16/h4-5,9,14,19H,2-3,6-8H2,1H3,(H,18,20). The van der Waals surface area contributed by atoms with Gasteiger partial charge in [-0.25, -0.2) is 9.07 Å². The fourth-order valence-electron chi connectivity index (χ4n) is 3.31. The Morgan fingerprint density at radius 3 is 3.05 bits per heavy atom. The number of anilines is 2. The van der Waals surface area contributed by atoms with Crippen molar-refractivity contribution in [1.29, 1.82) is 0 Å². The van der Waals surface area contributed by atoms with E-state index in [1.165, 1.54) is 5.56 Å². The third-order valence-electron chi connectivity index (χ3n) is 4.49. The molecule has 2 aliphatic heterocycles. The molecule has 0 radical (unpaired) electrons. The molecule has 0 aliphatic carbocycles. The van der Waals surface area contributed by atoms with Crippen LogP contribution in [0.3, 0.4) is 0 Å². The van der Waals surface area contributed by atoms with Gasteiger partial charge in [0, 0.05) is 18.7 Å². The van der Waals surface area contributed by atoms with Crippen LogP contribution in [-0.2, 0) is 6.42 Å². The third kappa shape index (κ3) is 1.99. The molecule has 5 heteroatoms. The molecule has 2 aromatic rings. The summed E-state index contributed by atoms with van der Waals surface area (Å²) >= 11 is 0. The molecule has 4 nitrogen and oxygen atoms in total. The summed E-state index contributed by atoms with van der Waals surface area (Å²) in [5.74, 6) is 1.96. The van der Waals surface area contributed by atoms with Crippen molar-refractivity contribution >= 4 is 11.6 Å². The van der Waals surface area contributed by atoms with E-state index in [0.717, 1.165) is 49.6 Å². The highest BCUT2D eigenvalue weighted by molar-refractivity contribution is 5.62. The number of benzene rings is 1. The van der Waals surface area contributed by atoms with Crippen LogP contribution in [0.15, 0.2) is 18.2 Å². The second kappa shape index (κ2) is 4.76. The lowest BCUT2D eigenvalue weighted by atomic mass is 10.00. The first-order chi connectivity index (χ1) is 10.2. The lowest BCUT2D eigenvalue weighted by Gasteiger charge is -2.27. The predicted octanol–water partition coefficient (Wildman–Crippen LogP) is 3.09. The van der Waals surface area contributed by atoms with Gasteiger partial charge in [-0.3, -0.25) is 0 Å². The van der Waals surface area contributed by atoms with Crippen LogP contribution in [0.5, 0.6) is 0 Å². The minimum Gasteiger partial charge on any atom is -0.370 e. The minimum absolute atomic E-state index is 0.115. The molecule has 2 N–H and O–H groups in total. The molecular formula is C16H19FN4. The molecule has 0 saturated heterocycles. The maximum absolute atomic E-state index is 13.9. The number of hydrogen-bond acceptors (Lipinski definition) is 3. The molecule has 1 aromatic heterocycles. The summed E-state index contributed by atoms with van der Waals surface area (Å²) in [5.41, 5.74) is 2.97. The van der Waals surface area contributed by atoms with E-state index in [1.54, 1.807) is 13.0 Å². The molecule has 2 aliphatic rings. The van der Waals surface area contributed by atoms with E-state index >= 15 is 0 Å². The largest absolute Gasteiger partial charge is 0.370 e. The Labute approximate surface area is 123 Å². The minimum atomic E-state index is -0.136. The normalized spacial score (nSPS) is 20.2. The van der Waals surface area contributed by atoms with Gasteiger partial charge in [0.25, 0.3) is 0 Å². The second-order valence-electron chi connectivity index (χ2n) is 5.89. The van der Waals surface area contributed by atoms with Crippen LogP contribution in [0, 0.1) is 12.7 Å². The molecule has 4 rings (SSSR count). The highest BCUT2D eigenvalue weighted by Gasteiger charge is 2.28. The van der Waals surface area contributed by atoms with Crippen molar-refractivity contribution < 1.29 is 4.39 Å². The van der Waals surface area contributed by atoms with Gasteiger partial charge in [-0.1, -0.05) is 12.1 Å². The first-order valence-electron chi connectivity index (χ1n) is 7.59. The fourth-order valence-corrected chi connectivity index (χ4v) is 3.31. The van der Waals surface area contributed by atoms with E-state index in [2.05, 4.69) is 10.6 Å². The zero-order chi connectivity index (χ0) is 14.4. The Bertz CT molecular complexity index is 692. The number of hydrogen-bond donors (Lipinski definition) is 2. The average molecular weight is 286 g/mol. The Morgan fingerprint density at radius 1 is 1.29 bits per heavy atom. The Hall–Kier alpha value is -2.04. The molecule has 1 atom stereocenters. The van der Waals surface area contributed by atoms with E-state index in [0.29, 0.717) is 5.56 Å². The Balaban J connectivity index is 1.79. The van der Waals surface area contributed by atoms with E-state index in [1.807, 2.05) is 16.8 Å². The number of rotatable bonds is 1. The van der Waals surface area contributed by atoms with Crippen LogP contribution >= 0.6 is 0 Å². The van der Waals surface area contributed by atoms with Crippen molar-refractivity contribution in [2.75, 3.05) is 23.7 Å². The summed E-state index contributed by atoms with van der Waals surface area (Å²) in [7, 11) is 0. The maximum atomic E-state index is 13.9. The smallest absolute Gasteiger partial charge is 0.153 e. The first-order valence-corrected chi connectivity index (χ1v) is 7.59. The van der Waals surface area contributed by atoms with E-state index in [9.17, 15) is 4.39 Å². The predicted molar refractivity (Wildman–Crippen MR) is 81.4 cm³/mol. The zero-order valence-electron chi connectivity index (χ0n) is 12.1. The summed E-state index contributed by atoms with van der Waals surface area (Å²) in [4.78, 5) is 0. The quantitative estimate of drug-likeness (QED) is 0.846. The molecule has 0 spiro atoms. The van der Waals surface area contributed by atoms with Gasteiger partial charge in [0.15, 0.2) is 5.82 Å². The SMILES string of the molecule is Cc1ccc(C2CCNc3c4c(nn32)NCCC4)cc1F. The van der Waals surface area contributed by atoms with Gasteiger partial charge < -0.3 is 10.6 Å². The average Bonchev–Trinajstić information content (AvgIpc) is 2.89. The van der Waals surface area contributed by atoms with Gasteiger partial charge in [-0.2, -0.15) is 5.10 Å². The van der Waals surface area contributed by atoms with Crippen molar-refractivity contribution in [3.8, 4) is 0 Å². The molecule has 110 valence electrons. The summed E-state index contributed by atoms with van der Waals surface area (Å²) in [6.45, 7) is 3.68. The molecule has 0 fully saturated rings. The van der Waals surface area contributed by atoms with E-state index in [-0.39, 0.29) is 11.9 Å². The lowest BCUT2D eigenvalue weighted by molar-refractivity contribution is 0.479. The van der Waals surface area contributed by atoms with Gasteiger partial charge in [-0.05, 0) is 43.4 Å². The summed E-state index contributed by atoms with van der Waals surface area (Å²) < 4.78 is 15.9. The molecule has 1 unspecified atom stereocenters. The van der Waals surface area contributed by atoms with Gasteiger partial charge in [0.1, 0.15) is 11.6 Å². The zero-order valence-corrected chi connectivity index (χ0v) is 12.1. The third-order valence-corrected chi connectivity index (χ3v) is 4.49. The van der Waals surface area contributed by atoms with Gasteiger partial charge >= 0.3 is 0 Å². The number of aryl methyl sites for hydroxylation is 1. The highest BCUT2D eigenvalue weighted by Crippen LogP contribution is 2.37. The van der Waals surface area contributed by atoms with Gasteiger partial charge in [0.2, 0.25) is 0 Å². The van der Waals surface area contributed by atoms with Gasteiger partial charge in [-0.15, -0.1) is 0 Å². The topological polar surface area (TPSA) is 41.9 Å². The first kappa shape index (κ1) is 12.7. The van der Waals surface area contributed by atoms with Crippen molar-refractivity contribution in [2.24, 2.45) is 0 Å². The molecule has 0 bridgehead atoms. The van der Waals surface area contributed by atoms with Crippen molar-refractivity contribution in [2.45, 2.75) is 32.2 Å². The Kier molecular flexibility index (Phi) is 2.87. The monoisotopic (exact) mass is 286 g/mol. The van der Waals surface area contributed by atoms with Crippen LogP contribution < -0.4 is 10.6 Å². The molecule has 0 saturated carbocycles.